The third-order valence-corrected chi connectivity index (χ3v) is 13.1. The van der Waals surface area contributed by atoms with Gasteiger partial charge in [0, 0.05) is 24.4 Å². The van der Waals surface area contributed by atoms with Crippen LogP contribution >= 0.6 is 11.3 Å². The van der Waals surface area contributed by atoms with E-state index in [1.165, 1.54) is 26.2 Å². The first-order valence-electron chi connectivity index (χ1n) is 25.5. The van der Waals surface area contributed by atoms with E-state index in [0.29, 0.717) is 36.9 Å². The van der Waals surface area contributed by atoms with Crippen LogP contribution < -0.4 is 25.4 Å². The van der Waals surface area contributed by atoms with Crippen LogP contribution in [-0.4, -0.2) is 151 Å². The second kappa shape index (κ2) is 22.9. The minimum Gasteiger partial charge on any atom is -0.485 e. The number of carbonyl (C=O) groups is 6. The summed E-state index contributed by atoms with van der Waals surface area (Å²) in [5.74, 6) is -2.57. The number of anilines is 1. The number of likely N-dealkylation sites (tertiary alicyclic amines) is 1. The molecule has 0 unspecified atom stereocenters. The van der Waals surface area contributed by atoms with Crippen molar-refractivity contribution in [3.05, 3.63) is 47.2 Å². The molecule has 0 aliphatic carbocycles. The summed E-state index contributed by atoms with van der Waals surface area (Å²) in [5, 5.41) is 24.6. The number of aromatic nitrogens is 3. The minimum absolute atomic E-state index is 0.0272. The molecule has 2 saturated heterocycles. The molecule has 436 valence electrons. The number of oxime groups is 1. The lowest BCUT2D eigenvalue weighted by atomic mass is 9.84. The van der Waals surface area contributed by atoms with Crippen molar-refractivity contribution in [2.75, 3.05) is 25.0 Å². The summed E-state index contributed by atoms with van der Waals surface area (Å²) in [4.78, 5) is 91.7. The van der Waals surface area contributed by atoms with E-state index in [-0.39, 0.29) is 36.3 Å². The molecule has 0 saturated carbocycles. The van der Waals surface area contributed by atoms with Gasteiger partial charge < -0.3 is 49.2 Å². The lowest BCUT2D eigenvalue weighted by Gasteiger charge is -2.50. The number of ether oxygens (including phenoxy) is 5. The zero-order chi connectivity index (χ0) is 59.0. The van der Waals surface area contributed by atoms with E-state index >= 15 is 0 Å². The van der Waals surface area contributed by atoms with E-state index in [4.69, 9.17) is 28.5 Å². The molecule has 0 radical (unpaired) electrons. The summed E-state index contributed by atoms with van der Waals surface area (Å²) >= 11 is 0.885. The largest absolute Gasteiger partial charge is 0.485 e. The van der Waals surface area contributed by atoms with Gasteiger partial charge >= 0.3 is 34.6 Å². The third kappa shape index (κ3) is 16.5. The van der Waals surface area contributed by atoms with Gasteiger partial charge in [0.1, 0.15) is 46.0 Å². The van der Waals surface area contributed by atoms with Gasteiger partial charge in [-0.05, 0) is 140 Å². The fourth-order valence-corrected chi connectivity index (χ4v) is 9.48. The Bertz CT molecular complexity index is 2920. The Labute approximate surface area is 463 Å². The van der Waals surface area contributed by atoms with Crippen LogP contribution in [0.25, 0.3) is 11.1 Å². The van der Waals surface area contributed by atoms with Crippen molar-refractivity contribution in [3.63, 3.8) is 0 Å². The number of β-lactam (4-membered cyclic amide) rings is 1. The fraction of sp³-hybridized carbons (Fsp3) is 0.627. The average Bonchev–Trinajstić information content (AvgIpc) is 3.90. The second-order valence-corrected chi connectivity index (χ2v) is 26.1. The molecule has 5 N–H and O–H groups in total. The maximum absolute atomic E-state index is 14.4. The molecule has 26 nitrogen and oxygen atoms in total. The van der Waals surface area contributed by atoms with Gasteiger partial charge in [-0.25, -0.2) is 24.2 Å². The van der Waals surface area contributed by atoms with Crippen molar-refractivity contribution in [1.29, 1.82) is 0 Å². The number of nitrogens with zero attached hydrogens (tertiary/aromatic N) is 6. The SMILES string of the molecule is CC(C)(C)OC(=O)NC[C@H](O)C[n+]1cc(-c2ccc3c(c2)CC[C@H]([C@](C)(O/N=C(\C(=O)N[C@@H]2C(=O)N(OS(=O)(=O)O)C2(C)C)c2csc(NC(=O)OC(C)(C)C)n2)C(=O)OC(C)(C)C)O3)cn1CC1CN(C(=O)OC(C)(C)C)C1. The topological polar surface area (TPSA) is 318 Å². The Balaban J connectivity index is 1.28. The Morgan fingerprint density at radius 2 is 1.53 bits per heavy atom. The third-order valence-electron chi connectivity index (χ3n) is 12.0. The van der Waals surface area contributed by atoms with Gasteiger partial charge in [-0.1, -0.05) is 11.2 Å². The van der Waals surface area contributed by atoms with Crippen LogP contribution in [0, 0.1) is 5.92 Å². The Morgan fingerprint density at radius 1 is 0.911 bits per heavy atom. The van der Waals surface area contributed by atoms with Gasteiger partial charge in [0.05, 0.1) is 30.4 Å². The van der Waals surface area contributed by atoms with E-state index in [2.05, 4.69) is 30.4 Å². The van der Waals surface area contributed by atoms with Crippen LogP contribution in [0.5, 0.6) is 5.75 Å². The highest BCUT2D eigenvalue weighted by atomic mass is 32.3. The normalized spacial score (nSPS) is 19.1. The molecule has 5 amide bonds. The first-order chi connectivity index (χ1) is 36.2. The number of carbonyl (C=O) groups excluding carboxylic acids is 6. The smallest absolute Gasteiger partial charge is 0.418 e. The standard InChI is InChI=1S/C51H73N9O17S2/c1-46(2,3)72-41(64)51(15,76-56-37(34-28-78-42(53-34)55-44(66)74-48(7,8)9)39(62)54-38-40(63)60(50(38,13)14)77-79(68,69)70)36-19-17-31-20-30(16-18-35(31)71-36)32-25-58(24-29-22-57(23-29)45(67)75-49(10,11)12)59(26-32)27-33(61)21-52-43(65)73-47(4,5)6/h16,18,20,25-26,28-29,33,36,38,61H,17,19,21-24,27H2,1-15H3,(H3-,52,53,54,55,62,65,66,68,69,70)/p+1/b56-37-/t33-,36+,38+,51-/m0/s1. The van der Waals surface area contributed by atoms with Crippen LogP contribution in [0.15, 0.2) is 41.1 Å². The number of esters is 1. The van der Waals surface area contributed by atoms with Crippen molar-refractivity contribution < 1.29 is 84.3 Å². The molecule has 79 heavy (non-hydrogen) atoms. The van der Waals surface area contributed by atoms with E-state index in [0.717, 1.165) is 28.0 Å². The number of alkyl carbamates (subject to hydrolysis) is 1. The van der Waals surface area contributed by atoms with Crippen LogP contribution in [0.4, 0.5) is 19.5 Å². The van der Waals surface area contributed by atoms with Crippen LogP contribution in [0.2, 0.25) is 0 Å². The first kappa shape index (κ1) is 61.6. The minimum atomic E-state index is -5.13. The molecule has 5 heterocycles. The molecule has 28 heteroatoms. The number of aliphatic hydroxyl groups excluding tert-OH is 1. The molecule has 0 bridgehead atoms. The van der Waals surface area contributed by atoms with Crippen molar-refractivity contribution in [1.82, 2.24) is 30.3 Å². The number of rotatable bonds is 17. The van der Waals surface area contributed by atoms with Crippen LogP contribution in [-0.2, 0) is 72.4 Å². The molecule has 0 spiro atoms. The molecule has 3 aromatic rings. The highest BCUT2D eigenvalue weighted by Crippen LogP contribution is 2.38. The molecule has 6 rings (SSSR count). The molecular weight excluding hydrogens is 1070 g/mol. The van der Waals surface area contributed by atoms with Gasteiger partial charge in [-0.15, -0.1) is 20.3 Å². The predicted octanol–water partition coefficient (Wildman–Crippen LogP) is 5.05. The van der Waals surface area contributed by atoms with Gasteiger partial charge in [0.25, 0.3) is 17.4 Å². The number of hydrogen-bond acceptors (Lipinski definition) is 19. The maximum Gasteiger partial charge on any atom is 0.418 e. The summed E-state index contributed by atoms with van der Waals surface area (Å²) in [7, 11) is -5.13. The Morgan fingerprint density at radius 3 is 2.13 bits per heavy atom. The van der Waals surface area contributed by atoms with Crippen molar-refractivity contribution >= 4 is 68.6 Å². The molecule has 4 atom stereocenters. The summed E-state index contributed by atoms with van der Waals surface area (Å²) < 4.78 is 69.2. The monoisotopic (exact) mass is 1150 g/mol. The second-order valence-electron chi connectivity index (χ2n) is 24.2. The van der Waals surface area contributed by atoms with Gasteiger partial charge in [0.2, 0.25) is 6.20 Å². The zero-order valence-electron chi connectivity index (χ0n) is 47.2. The fourth-order valence-electron chi connectivity index (χ4n) is 8.35. The van der Waals surface area contributed by atoms with Crippen molar-refractivity contribution in [3.8, 4) is 16.9 Å². The molecule has 3 aliphatic heterocycles. The van der Waals surface area contributed by atoms with Crippen molar-refractivity contribution in [2.45, 2.75) is 182 Å². The highest BCUT2D eigenvalue weighted by Gasteiger charge is 2.58. The number of hydrogen-bond donors (Lipinski definition) is 5. The molecule has 2 fully saturated rings. The van der Waals surface area contributed by atoms with Crippen molar-refractivity contribution in [2.24, 2.45) is 11.1 Å². The summed E-state index contributed by atoms with van der Waals surface area (Å²) in [6, 6.07) is 4.06. The quantitative estimate of drug-likeness (QED) is 0.0224. The molecule has 1 aromatic carbocycles. The number of aliphatic hydroxyl groups is 1. The number of thiazole rings is 1. The highest BCUT2D eigenvalue weighted by molar-refractivity contribution is 7.80. The van der Waals surface area contributed by atoms with E-state index in [1.807, 2.05) is 33.9 Å². The maximum atomic E-state index is 14.4. The summed E-state index contributed by atoms with van der Waals surface area (Å²) in [6.45, 7) is 26.1. The predicted molar refractivity (Wildman–Crippen MR) is 284 cm³/mol. The summed E-state index contributed by atoms with van der Waals surface area (Å²) in [6.07, 6.45) is 0.281. The first-order valence-corrected chi connectivity index (χ1v) is 27.7. The number of hydroxylamine groups is 2. The molecular formula is C51H74N9O17S2+. The average molecular weight is 1150 g/mol. The molecule has 2 aromatic heterocycles. The lowest BCUT2D eigenvalue weighted by Crippen LogP contribution is -2.76. The number of benzene rings is 1. The van der Waals surface area contributed by atoms with Gasteiger partial charge in [0.15, 0.2) is 23.5 Å². The number of amides is 5. The van der Waals surface area contributed by atoms with E-state index in [9.17, 15) is 46.8 Å². The summed E-state index contributed by atoms with van der Waals surface area (Å²) in [5.41, 5.74) is -5.35. The van der Waals surface area contributed by atoms with Gasteiger partial charge in [-0.3, -0.25) is 19.5 Å². The van der Waals surface area contributed by atoms with E-state index in [1.54, 1.807) is 94.1 Å². The lowest BCUT2D eigenvalue weighted by molar-refractivity contribution is -0.780. The van der Waals surface area contributed by atoms with Crippen LogP contribution in [0.3, 0.4) is 0 Å². The van der Waals surface area contributed by atoms with Gasteiger partial charge in [-0.2, -0.15) is 18.2 Å². The Hall–Kier alpha value is -6.62. The Kier molecular flexibility index (Phi) is 17.8. The molecule has 3 aliphatic rings. The van der Waals surface area contributed by atoms with Crippen LogP contribution in [0.1, 0.15) is 122 Å². The number of fused-ring (bicyclic) bond motifs is 1. The number of aryl methyl sites for hydroxylation is 1. The number of nitrogens with one attached hydrogen (secondary N) is 3. The zero-order valence-corrected chi connectivity index (χ0v) is 48.9. The van der Waals surface area contributed by atoms with E-state index < -0.39 is 104 Å².